The number of benzene rings is 1. The Morgan fingerprint density at radius 3 is 2.82 bits per heavy atom. The molecule has 2 aromatic rings. The van der Waals surface area contributed by atoms with Gasteiger partial charge in [0.05, 0.1) is 22.3 Å². The lowest BCUT2D eigenvalue weighted by molar-refractivity contribution is 1.16. The number of rotatable bonds is 3. The fraction of sp³-hybridized carbons (Fsp3) is 0.250. The number of aromatic nitrogens is 1. The predicted molar refractivity (Wildman–Crippen MR) is 74.8 cm³/mol. The van der Waals surface area contributed by atoms with Gasteiger partial charge < -0.3 is 11.1 Å². The van der Waals surface area contributed by atoms with Crippen molar-refractivity contribution in [3.8, 4) is 0 Å². The fourth-order valence-electron chi connectivity index (χ4n) is 1.56. The first-order chi connectivity index (χ1) is 8.06. The lowest BCUT2D eigenvalue weighted by Gasteiger charge is -2.10. The van der Waals surface area contributed by atoms with E-state index < -0.39 is 0 Å². The van der Waals surface area contributed by atoms with Gasteiger partial charge in [-0.2, -0.15) is 0 Å². The van der Waals surface area contributed by atoms with Crippen LogP contribution in [0.25, 0.3) is 0 Å². The molecule has 90 valence electrons. The number of nitrogens with two attached hydrogens (primary N) is 1. The predicted octanol–water partition coefficient (Wildman–Crippen LogP) is 3.61. The number of thiazole rings is 1. The van der Waals surface area contributed by atoms with Crippen LogP contribution in [0, 0.1) is 13.8 Å². The minimum Gasteiger partial charge on any atom is -0.398 e. The van der Waals surface area contributed by atoms with Crippen molar-refractivity contribution in [1.82, 2.24) is 4.98 Å². The number of halogens is 1. The van der Waals surface area contributed by atoms with Crippen molar-refractivity contribution in [2.45, 2.75) is 20.4 Å². The number of hydrogen-bond acceptors (Lipinski definition) is 4. The third-order valence-corrected chi connectivity index (χ3v) is 3.71. The lowest BCUT2D eigenvalue weighted by Crippen LogP contribution is -2.00. The molecule has 0 spiro atoms. The first kappa shape index (κ1) is 12.2. The van der Waals surface area contributed by atoms with Crippen LogP contribution in [-0.2, 0) is 6.54 Å². The van der Waals surface area contributed by atoms with Crippen molar-refractivity contribution in [2.24, 2.45) is 0 Å². The highest BCUT2D eigenvalue weighted by atomic mass is 35.5. The van der Waals surface area contributed by atoms with Gasteiger partial charge in [0.15, 0.2) is 0 Å². The summed E-state index contributed by atoms with van der Waals surface area (Å²) in [5.74, 6) is 0. The summed E-state index contributed by atoms with van der Waals surface area (Å²) in [5, 5.41) is 5.00. The average molecular weight is 268 g/mol. The molecule has 0 atom stereocenters. The molecule has 0 fully saturated rings. The second kappa shape index (κ2) is 4.94. The number of nitrogens with one attached hydrogen (secondary N) is 1. The average Bonchev–Trinajstić information content (AvgIpc) is 2.68. The molecule has 0 saturated heterocycles. The molecule has 0 aliphatic rings. The molecule has 1 aromatic carbocycles. The quantitative estimate of drug-likeness (QED) is 0.836. The van der Waals surface area contributed by atoms with Crippen LogP contribution in [0.2, 0.25) is 5.02 Å². The van der Waals surface area contributed by atoms with Crippen LogP contribution in [0.4, 0.5) is 11.4 Å². The number of nitrogen functional groups attached to an aromatic ring is 1. The number of nitrogens with zero attached hydrogens (tertiary/aromatic N) is 1. The summed E-state index contributed by atoms with van der Waals surface area (Å²) in [7, 11) is 0. The number of aryl methyl sites for hydroxylation is 2. The minimum absolute atomic E-state index is 0.582. The topological polar surface area (TPSA) is 50.9 Å². The van der Waals surface area contributed by atoms with Crippen molar-refractivity contribution in [3.05, 3.63) is 38.8 Å². The van der Waals surface area contributed by atoms with Crippen molar-refractivity contribution < 1.29 is 0 Å². The van der Waals surface area contributed by atoms with Crippen molar-refractivity contribution in [2.75, 3.05) is 11.1 Å². The van der Waals surface area contributed by atoms with Gasteiger partial charge >= 0.3 is 0 Å². The van der Waals surface area contributed by atoms with Crippen LogP contribution in [0.1, 0.15) is 15.4 Å². The third kappa shape index (κ3) is 2.90. The summed E-state index contributed by atoms with van der Waals surface area (Å²) in [6.07, 6.45) is 1.89. The monoisotopic (exact) mass is 267 g/mol. The molecule has 5 heteroatoms. The van der Waals surface area contributed by atoms with E-state index in [1.165, 1.54) is 4.88 Å². The first-order valence-electron chi connectivity index (χ1n) is 5.27. The molecule has 2 rings (SSSR count). The van der Waals surface area contributed by atoms with Gasteiger partial charge in [0.1, 0.15) is 0 Å². The zero-order valence-electron chi connectivity index (χ0n) is 9.75. The molecule has 0 radical (unpaired) electrons. The molecule has 0 saturated carbocycles. The normalized spacial score (nSPS) is 10.5. The molecule has 0 bridgehead atoms. The first-order valence-corrected chi connectivity index (χ1v) is 6.46. The van der Waals surface area contributed by atoms with Crippen LogP contribution in [0.5, 0.6) is 0 Å². The molecule has 1 heterocycles. The van der Waals surface area contributed by atoms with E-state index in [2.05, 4.69) is 10.3 Å². The van der Waals surface area contributed by atoms with Gasteiger partial charge in [-0.3, -0.25) is 0 Å². The summed E-state index contributed by atoms with van der Waals surface area (Å²) < 4.78 is 0. The standard InChI is InChI=1S/C12H14ClN3S/c1-7-3-11(14)10(13)4-12(7)16-6-9-5-15-8(2)17-9/h3-5,16H,6,14H2,1-2H3. The highest BCUT2D eigenvalue weighted by molar-refractivity contribution is 7.11. The van der Waals surface area contributed by atoms with Gasteiger partial charge in [-0.05, 0) is 31.5 Å². The van der Waals surface area contributed by atoms with Crippen molar-refractivity contribution in [3.63, 3.8) is 0 Å². The molecule has 0 aliphatic heterocycles. The number of hydrogen-bond donors (Lipinski definition) is 2. The van der Waals surface area contributed by atoms with Crippen LogP contribution >= 0.6 is 22.9 Å². The van der Waals surface area contributed by atoms with Crippen LogP contribution < -0.4 is 11.1 Å². The van der Waals surface area contributed by atoms with Crippen LogP contribution in [0.3, 0.4) is 0 Å². The maximum absolute atomic E-state index is 6.00. The smallest absolute Gasteiger partial charge is 0.0897 e. The molecule has 0 aliphatic carbocycles. The molecule has 0 amide bonds. The van der Waals surface area contributed by atoms with Crippen molar-refractivity contribution in [1.29, 1.82) is 0 Å². The molecular weight excluding hydrogens is 254 g/mol. The zero-order valence-corrected chi connectivity index (χ0v) is 11.3. The maximum atomic E-state index is 6.00. The largest absolute Gasteiger partial charge is 0.398 e. The SMILES string of the molecule is Cc1ncc(CNc2cc(Cl)c(N)cc2C)s1. The summed E-state index contributed by atoms with van der Waals surface area (Å²) in [4.78, 5) is 5.42. The van der Waals surface area contributed by atoms with Crippen LogP contribution in [0.15, 0.2) is 18.3 Å². The maximum Gasteiger partial charge on any atom is 0.0897 e. The second-order valence-electron chi connectivity index (χ2n) is 3.89. The highest BCUT2D eigenvalue weighted by Crippen LogP contribution is 2.27. The zero-order chi connectivity index (χ0) is 12.4. The van der Waals surface area contributed by atoms with E-state index in [1.807, 2.05) is 32.2 Å². The van der Waals surface area contributed by atoms with Gasteiger partial charge in [0, 0.05) is 16.8 Å². The van der Waals surface area contributed by atoms with Gasteiger partial charge in [0.2, 0.25) is 0 Å². The Balaban J connectivity index is 2.11. The molecular formula is C12H14ClN3S. The van der Waals surface area contributed by atoms with E-state index in [0.717, 1.165) is 22.8 Å². The Labute approximate surface area is 110 Å². The summed E-state index contributed by atoms with van der Waals surface area (Å²) >= 11 is 7.69. The van der Waals surface area contributed by atoms with E-state index in [4.69, 9.17) is 17.3 Å². The minimum atomic E-state index is 0.582. The summed E-state index contributed by atoms with van der Waals surface area (Å²) in [6.45, 7) is 4.76. The van der Waals surface area contributed by atoms with E-state index in [-0.39, 0.29) is 0 Å². The lowest BCUT2D eigenvalue weighted by atomic mass is 10.2. The molecule has 1 aromatic heterocycles. The van der Waals surface area contributed by atoms with Gasteiger partial charge in [0.25, 0.3) is 0 Å². The fourth-order valence-corrected chi connectivity index (χ4v) is 2.46. The van der Waals surface area contributed by atoms with Gasteiger partial charge in [-0.1, -0.05) is 11.6 Å². The Kier molecular flexibility index (Phi) is 3.54. The second-order valence-corrected chi connectivity index (χ2v) is 5.61. The highest BCUT2D eigenvalue weighted by Gasteiger charge is 2.04. The Hall–Kier alpha value is -1.26. The van der Waals surface area contributed by atoms with E-state index in [1.54, 1.807) is 11.3 Å². The number of anilines is 2. The van der Waals surface area contributed by atoms with Gasteiger partial charge in [-0.15, -0.1) is 11.3 Å². The Morgan fingerprint density at radius 1 is 1.41 bits per heavy atom. The van der Waals surface area contributed by atoms with E-state index in [9.17, 15) is 0 Å². The van der Waals surface area contributed by atoms with Crippen molar-refractivity contribution >= 4 is 34.3 Å². The molecule has 17 heavy (non-hydrogen) atoms. The summed E-state index contributed by atoms with van der Waals surface area (Å²) in [6, 6.07) is 3.74. The van der Waals surface area contributed by atoms with Crippen LogP contribution in [-0.4, -0.2) is 4.98 Å². The molecule has 3 N–H and O–H groups in total. The van der Waals surface area contributed by atoms with Gasteiger partial charge in [-0.25, -0.2) is 4.98 Å². The van der Waals surface area contributed by atoms with E-state index >= 15 is 0 Å². The Bertz CT molecular complexity index is 537. The third-order valence-electron chi connectivity index (χ3n) is 2.47. The Morgan fingerprint density at radius 2 is 2.18 bits per heavy atom. The molecule has 0 unspecified atom stereocenters. The summed E-state index contributed by atoms with van der Waals surface area (Å²) in [5.41, 5.74) is 8.45. The van der Waals surface area contributed by atoms with E-state index in [0.29, 0.717) is 10.7 Å². The molecule has 3 nitrogen and oxygen atoms in total.